The summed E-state index contributed by atoms with van der Waals surface area (Å²) >= 11 is 0. The predicted octanol–water partition coefficient (Wildman–Crippen LogP) is 2.42. The second-order valence-electron chi connectivity index (χ2n) is 7.68. The lowest BCUT2D eigenvalue weighted by molar-refractivity contribution is -0.142. The number of rotatable bonds is 7. The van der Waals surface area contributed by atoms with E-state index in [9.17, 15) is 9.59 Å². The molecule has 1 spiro atoms. The van der Waals surface area contributed by atoms with Crippen LogP contribution in [0.4, 0.5) is 10.7 Å². The number of ether oxygens (including phenoxy) is 2. The number of carbonyl (C=O) groups excluding carboxylic acids is 2. The Balaban J connectivity index is 1.43. The van der Waals surface area contributed by atoms with Crippen LogP contribution >= 0.6 is 0 Å². The van der Waals surface area contributed by atoms with Gasteiger partial charge in [-0.3, -0.25) is 4.79 Å². The molecule has 2 aliphatic heterocycles. The van der Waals surface area contributed by atoms with Gasteiger partial charge in [0.05, 0.1) is 19.6 Å². The molecule has 8 nitrogen and oxygen atoms in total. The van der Waals surface area contributed by atoms with E-state index in [0.29, 0.717) is 19.2 Å². The van der Waals surface area contributed by atoms with E-state index in [-0.39, 0.29) is 23.9 Å². The van der Waals surface area contributed by atoms with Crippen LogP contribution in [0, 0.1) is 5.41 Å². The highest BCUT2D eigenvalue weighted by atomic mass is 16.6. The molecule has 154 valence electrons. The summed E-state index contributed by atoms with van der Waals surface area (Å²) in [5.41, 5.74) is 0.969. The minimum Gasteiger partial charge on any atom is -0.466 e. The molecule has 3 rings (SSSR count). The number of unbranched alkanes of at least 4 members (excludes halogenated alkanes) is 1. The largest absolute Gasteiger partial charge is 0.466 e. The molecule has 0 N–H and O–H groups in total. The maximum absolute atomic E-state index is 12.0. The summed E-state index contributed by atoms with van der Waals surface area (Å²) in [7, 11) is 0. The molecule has 0 aromatic carbocycles. The molecule has 8 heteroatoms. The third kappa shape index (κ3) is 4.91. The van der Waals surface area contributed by atoms with E-state index >= 15 is 0 Å². The minimum atomic E-state index is -0.262. The molecular weight excluding hydrogens is 360 g/mol. The second-order valence-corrected chi connectivity index (χ2v) is 7.68. The third-order valence-corrected chi connectivity index (χ3v) is 5.49. The summed E-state index contributed by atoms with van der Waals surface area (Å²) < 4.78 is 10.2. The van der Waals surface area contributed by atoms with Gasteiger partial charge in [-0.2, -0.15) is 0 Å². The van der Waals surface area contributed by atoms with Gasteiger partial charge in [-0.25, -0.2) is 14.8 Å². The fraction of sp³-hybridized carbons (Fsp3) is 0.700. The molecule has 0 unspecified atom stereocenters. The molecule has 0 atom stereocenters. The monoisotopic (exact) mass is 390 g/mol. The second kappa shape index (κ2) is 9.21. The summed E-state index contributed by atoms with van der Waals surface area (Å²) in [5, 5.41) is 0. The van der Waals surface area contributed by atoms with Crippen LogP contribution < -0.4 is 4.90 Å². The van der Waals surface area contributed by atoms with Gasteiger partial charge in [0.25, 0.3) is 0 Å². The number of piperidine rings is 1. The van der Waals surface area contributed by atoms with Crippen LogP contribution in [-0.2, 0) is 20.7 Å². The normalized spacial score (nSPS) is 17.9. The van der Waals surface area contributed by atoms with Crippen LogP contribution in [0.2, 0.25) is 0 Å². The molecule has 0 aliphatic carbocycles. The Morgan fingerprint density at radius 2 is 1.79 bits per heavy atom. The number of amides is 1. The molecule has 1 amide bonds. The van der Waals surface area contributed by atoms with Gasteiger partial charge in [-0.15, -0.1) is 0 Å². The molecule has 2 fully saturated rings. The van der Waals surface area contributed by atoms with Gasteiger partial charge in [0.1, 0.15) is 0 Å². The van der Waals surface area contributed by atoms with E-state index in [1.807, 2.05) is 4.90 Å². The lowest BCUT2D eigenvalue weighted by Crippen LogP contribution is -2.62. The molecule has 1 aromatic heterocycles. The fourth-order valence-corrected chi connectivity index (χ4v) is 3.77. The van der Waals surface area contributed by atoms with Gasteiger partial charge < -0.3 is 19.3 Å². The van der Waals surface area contributed by atoms with Gasteiger partial charge >= 0.3 is 12.1 Å². The maximum atomic E-state index is 12.0. The van der Waals surface area contributed by atoms with Gasteiger partial charge in [0.15, 0.2) is 0 Å². The van der Waals surface area contributed by atoms with Crippen molar-refractivity contribution in [2.75, 3.05) is 44.3 Å². The van der Waals surface area contributed by atoms with Crippen molar-refractivity contribution in [3.05, 3.63) is 18.0 Å². The van der Waals surface area contributed by atoms with Crippen molar-refractivity contribution in [1.82, 2.24) is 14.9 Å². The van der Waals surface area contributed by atoms with Crippen molar-refractivity contribution in [3.63, 3.8) is 0 Å². The predicted molar refractivity (Wildman–Crippen MR) is 104 cm³/mol. The Morgan fingerprint density at radius 3 is 2.39 bits per heavy atom. The zero-order valence-electron chi connectivity index (χ0n) is 16.9. The van der Waals surface area contributed by atoms with Gasteiger partial charge in [-0.05, 0) is 26.2 Å². The van der Waals surface area contributed by atoms with Crippen LogP contribution in [0.15, 0.2) is 12.4 Å². The first-order chi connectivity index (χ1) is 13.5. The van der Waals surface area contributed by atoms with Crippen molar-refractivity contribution < 1.29 is 19.1 Å². The van der Waals surface area contributed by atoms with Crippen molar-refractivity contribution in [3.8, 4) is 0 Å². The highest BCUT2D eigenvalue weighted by molar-refractivity contribution is 5.72. The number of esters is 1. The number of hydrogen-bond donors (Lipinski definition) is 0. The Hall–Kier alpha value is -2.38. The zero-order valence-corrected chi connectivity index (χ0v) is 16.9. The summed E-state index contributed by atoms with van der Waals surface area (Å²) in [6.07, 6.45) is 7.38. The summed E-state index contributed by atoms with van der Waals surface area (Å²) in [5.74, 6) is 0.430. The average Bonchev–Trinajstić information content (AvgIpc) is 2.67. The van der Waals surface area contributed by atoms with Crippen molar-refractivity contribution in [1.29, 1.82) is 0 Å². The number of carbonyl (C=O) groups is 2. The molecule has 0 saturated carbocycles. The van der Waals surface area contributed by atoms with E-state index in [0.717, 1.165) is 57.4 Å². The lowest BCUT2D eigenvalue weighted by atomic mass is 9.72. The Labute approximate surface area is 166 Å². The number of likely N-dealkylation sites (tertiary alicyclic amines) is 1. The third-order valence-electron chi connectivity index (χ3n) is 5.49. The summed E-state index contributed by atoms with van der Waals surface area (Å²) in [6, 6.07) is 0. The first-order valence-electron chi connectivity index (χ1n) is 10.2. The highest BCUT2D eigenvalue weighted by Gasteiger charge is 2.47. The Kier molecular flexibility index (Phi) is 6.70. The van der Waals surface area contributed by atoms with Gasteiger partial charge in [0.2, 0.25) is 5.95 Å². The first-order valence-corrected chi connectivity index (χ1v) is 10.2. The first kappa shape index (κ1) is 20.4. The van der Waals surface area contributed by atoms with Crippen LogP contribution in [0.25, 0.3) is 0 Å². The van der Waals surface area contributed by atoms with Crippen LogP contribution in [0.5, 0.6) is 0 Å². The van der Waals surface area contributed by atoms with E-state index in [4.69, 9.17) is 9.47 Å². The SMILES string of the molecule is CCCCOC(=O)N1CC2(CCN(c3ncc(CC(=O)OCC)cn3)CC2)C1. The molecule has 0 radical (unpaired) electrons. The van der Waals surface area contributed by atoms with Crippen molar-refractivity contribution >= 4 is 18.0 Å². The quantitative estimate of drug-likeness (QED) is 0.522. The molecule has 3 heterocycles. The number of hydrogen-bond acceptors (Lipinski definition) is 7. The molecule has 28 heavy (non-hydrogen) atoms. The molecule has 1 aromatic rings. The van der Waals surface area contributed by atoms with Crippen LogP contribution in [-0.4, -0.2) is 66.3 Å². The number of aromatic nitrogens is 2. The fourth-order valence-electron chi connectivity index (χ4n) is 3.77. The van der Waals surface area contributed by atoms with Crippen molar-refractivity contribution in [2.24, 2.45) is 5.41 Å². The highest BCUT2D eigenvalue weighted by Crippen LogP contribution is 2.41. The van der Waals surface area contributed by atoms with E-state index in [1.165, 1.54) is 0 Å². The molecule has 2 saturated heterocycles. The van der Waals surface area contributed by atoms with Crippen molar-refractivity contribution in [2.45, 2.75) is 46.0 Å². The molecule has 2 aliphatic rings. The smallest absolute Gasteiger partial charge is 0.409 e. The zero-order chi connectivity index (χ0) is 20.0. The lowest BCUT2D eigenvalue weighted by Gasteiger charge is -2.53. The number of anilines is 1. The Bertz CT molecular complexity index is 663. The topological polar surface area (TPSA) is 84.9 Å². The van der Waals surface area contributed by atoms with E-state index < -0.39 is 0 Å². The summed E-state index contributed by atoms with van der Waals surface area (Å²) in [4.78, 5) is 36.3. The minimum absolute atomic E-state index is 0.179. The molecular formula is C20H30N4O4. The molecule has 0 bridgehead atoms. The summed E-state index contributed by atoms with van der Waals surface area (Å²) in [6.45, 7) is 8.06. The standard InChI is InChI=1S/C20H30N4O4/c1-3-5-10-28-19(26)24-14-20(15-24)6-8-23(9-7-20)18-21-12-16(13-22-18)11-17(25)27-4-2/h12-13H,3-11,14-15H2,1-2H3. The van der Waals surface area contributed by atoms with Gasteiger partial charge in [-0.1, -0.05) is 13.3 Å². The Morgan fingerprint density at radius 1 is 1.11 bits per heavy atom. The number of nitrogens with zero attached hydrogens (tertiary/aromatic N) is 4. The van der Waals surface area contributed by atoms with Crippen LogP contribution in [0.3, 0.4) is 0 Å². The maximum Gasteiger partial charge on any atom is 0.409 e. The van der Waals surface area contributed by atoms with Gasteiger partial charge in [0, 0.05) is 49.6 Å². The average molecular weight is 390 g/mol. The van der Waals surface area contributed by atoms with E-state index in [1.54, 1.807) is 19.3 Å². The van der Waals surface area contributed by atoms with E-state index in [2.05, 4.69) is 21.8 Å². The van der Waals surface area contributed by atoms with Crippen LogP contribution in [0.1, 0.15) is 45.1 Å².